The molecule has 0 bridgehead atoms. The molecule has 1 aromatic heterocycles. The van der Waals surface area contributed by atoms with Crippen LogP contribution in [-0.4, -0.2) is 25.9 Å². The van der Waals surface area contributed by atoms with Gasteiger partial charge >= 0.3 is 5.97 Å². The Balaban J connectivity index is 0.000000194. The highest BCUT2D eigenvalue weighted by molar-refractivity contribution is 5.89. The van der Waals surface area contributed by atoms with Gasteiger partial charge in [0.05, 0.1) is 27.0 Å². The van der Waals surface area contributed by atoms with Crippen LogP contribution < -0.4 is 0 Å². The van der Waals surface area contributed by atoms with Crippen LogP contribution in [0.5, 0.6) is 0 Å². The summed E-state index contributed by atoms with van der Waals surface area (Å²) in [7, 11) is 0. The first-order valence-corrected chi connectivity index (χ1v) is 6.85. The molecule has 0 radical (unpaired) electrons. The van der Waals surface area contributed by atoms with E-state index in [4.69, 9.17) is 5.11 Å². The standard InChI is InChI=1S/C9H7N.C7H4N2O6/c1-2-6-9-8(4-1)5-3-7-10-9;10-7(11)4-1-5(8(12)13)3-6(2-4)9(14)15/h1-7H;1-3H,(H,10,11). The number of nitrogens with zero attached hydrogens (tertiary/aromatic N) is 3. The second-order valence-corrected chi connectivity index (χ2v) is 4.75. The van der Waals surface area contributed by atoms with E-state index in [-0.39, 0.29) is 0 Å². The summed E-state index contributed by atoms with van der Waals surface area (Å²) in [5.74, 6) is -1.46. The van der Waals surface area contributed by atoms with Gasteiger partial charge in [-0.3, -0.25) is 25.2 Å². The maximum Gasteiger partial charge on any atom is 0.336 e. The molecular weight excluding hydrogens is 330 g/mol. The van der Waals surface area contributed by atoms with Crippen LogP contribution >= 0.6 is 0 Å². The van der Waals surface area contributed by atoms with Crippen molar-refractivity contribution in [3.63, 3.8) is 0 Å². The number of carboxylic acids is 1. The number of hydrogen-bond donors (Lipinski definition) is 1. The SMILES string of the molecule is O=C(O)c1cc([N+](=O)[O-])cc([N+](=O)[O-])c1.c1ccc2ncccc2c1. The number of para-hydroxylation sites is 1. The molecule has 0 saturated heterocycles. The molecular formula is C16H11N3O6. The van der Waals surface area contributed by atoms with E-state index < -0.39 is 32.8 Å². The van der Waals surface area contributed by atoms with Gasteiger partial charge in [0.2, 0.25) is 0 Å². The fourth-order valence-corrected chi connectivity index (χ4v) is 1.95. The highest BCUT2D eigenvalue weighted by atomic mass is 16.6. The number of fused-ring (bicyclic) bond motifs is 1. The number of pyridine rings is 1. The molecule has 0 amide bonds. The van der Waals surface area contributed by atoms with Crippen molar-refractivity contribution in [3.8, 4) is 0 Å². The Hall–Kier alpha value is -3.88. The maximum absolute atomic E-state index is 10.5. The van der Waals surface area contributed by atoms with E-state index in [0.29, 0.717) is 6.07 Å². The van der Waals surface area contributed by atoms with Crippen molar-refractivity contribution >= 4 is 28.2 Å². The molecule has 0 aliphatic carbocycles. The van der Waals surface area contributed by atoms with Gasteiger partial charge in [0.1, 0.15) is 0 Å². The van der Waals surface area contributed by atoms with Gasteiger partial charge < -0.3 is 5.11 Å². The molecule has 0 atom stereocenters. The van der Waals surface area contributed by atoms with Crippen LogP contribution in [0.4, 0.5) is 11.4 Å². The monoisotopic (exact) mass is 341 g/mol. The van der Waals surface area contributed by atoms with E-state index >= 15 is 0 Å². The minimum Gasteiger partial charge on any atom is -0.478 e. The van der Waals surface area contributed by atoms with Crippen molar-refractivity contribution < 1.29 is 19.7 Å². The van der Waals surface area contributed by atoms with E-state index in [9.17, 15) is 25.0 Å². The number of nitro groups is 2. The van der Waals surface area contributed by atoms with Gasteiger partial charge in [-0.25, -0.2) is 4.79 Å². The molecule has 3 rings (SSSR count). The lowest BCUT2D eigenvalue weighted by molar-refractivity contribution is -0.394. The molecule has 126 valence electrons. The van der Waals surface area contributed by atoms with Crippen LogP contribution in [-0.2, 0) is 0 Å². The number of rotatable bonds is 3. The van der Waals surface area contributed by atoms with Crippen molar-refractivity contribution in [1.82, 2.24) is 4.98 Å². The van der Waals surface area contributed by atoms with Crippen molar-refractivity contribution in [2.24, 2.45) is 0 Å². The van der Waals surface area contributed by atoms with Crippen LogP contribution in [0.2, 0.25) is 0 Å². The number of aromatic nitrogens is 1. The fraction of sp³-hybridized carbons (Fsp3) is 0. The number of hydrogen-bond acceptors (Lipinski definition) is 6. The first-order chi connectivity index (χ1) is 11.9. The van der Waals surface area contributed by atoms with Gasteiger partial charge in [-0.05, 0) is 12.1 Å². The van der Waals surface area contributed by atoms with E-state index in [1.807, 2.05) is 30.5 Å². The van der Waals surface area contributed by atoms with Crippen molar-refractivity contribution in [1.29, 1.82) is 0 Å². The highest BCUT2D eigenvalue weighted by Crippen LogP contribution is 2.22. The third-order valence-corrected chi connectivity index (χ3v) is 3.08. The molecule has 0 unspecified atom stereocenters. The predicted molar refractivity (Wildman–Crippen MR) is 88.5 cm³/mol. The Morgan fingerprint density at radius 1 is 0.920 bits per heavy atom. The lowest BCUT2D eigenvalue weighted by atomic mass is 10.2. The van der Waals surface area contributed by atoms with Crippen LogP contribution in [0, 0.1) is 20.2 Å². The number of carbonyl (C=O) groups is 1. The van der Waals surface area contributed by atoms with Crippen molar-refractivity contribution in [2.75, 3.05) is 0 Å². The minimum atomic E-state index is -1.46. The molecule has 1 N–H and O–H groups in total. The molecule has 0 aliphatic heterocycles. The second-order valence-electron chi connectivity index (χ2n) is 4.75. The summed E-state index contributed by atoms with van der Waals surface area (Å²) in [6.07, 6.45) is 1.81. The molecule has 0 spiro atoms. The van der Waals surface area contributed by atoms with E-state index in [0.717, 1.165) is 17.6 Å². The molecule has 0 saturated carbocycles. The van der Waals surface area contributed by atoms with E-state index in [1.54, 1.807) is 0 Å². The quantitative estimate of drug-likeness (QED) is 0.569. The zero-order chi connectivity index (χ0) is 18.4. The lowest BCUT2D eigenvalue weighted by Crippen LogP contribution is -2.00. The lowest BCUT2D eigenvalue weighted by Gasteiger charge is -1.96. The molecule has 9 nitrogen and oxygen atoms in total. The largest absolute Gasteiger partial charge is 0.478 e. The van der Waals surface area contributed by atoms with Gasteiger partial charge in [-0.1, -0.05) is 24.3 Å². The summed E-state index contributed by atoms with van der Waals surface area (Å²) >= 11 is 0. The summed E-state index contributed by atoms with van der Waals surface area (Å²) < 4.78 is 0. The average molecular weight is 341 g/mol. The number of non-ortho nitro benzene ring substituents is 2. The zero-order valence-electron chi connectivity index (χ0n) is 12.6. The Morgan fingerprint density at radius 2 is 1.48 bits per heavy atom. The number of aromatic carboxylic acids is 1. The van der Waals surface area contributed by atoms with E-state index in [1.165, 1.54) is 5.39 Å². The van der Waals surface area contributed by atoms with Crippen LogP contribution in [0.15, 0.2) is 60.8 Å². The molecule has 2 aromatic carbocycles. The topological polar surface area (TPSA) is 136 Å². The summed E-state index contributed by atoms with van der Waals surface area (Å²) in [6.45, 7) is 0. The predicted octanol–water partition coefficient (Wildman–Crippen LogP) is 3.44. The molecule has 3 aromatic rings. The van der Waals surface area contributed by atoms with Gasteiger partial charge in [0.15, 0.2) is 0 Å². The summed E-state index contributed by atoms with van der Waals surface area (Å²) in [5.41, 5.74) is -0.677. The van der Waals surface area contributed by atoms with Gasteiger partial charge in [-0.2, -0.15) is 0 Å². The van der Waals surface area contributed by atoms with E-state index in [2.05, 4.69) is 17.1 Å². The van der Waals surface area contributed by atoms with Gasteiger partial charge in [-0.15, -0.1) is 0 Å². The summed E-state index contributed by atoms with van der Waals surface area (Å²) in [4.78, 5) is 33.6. The first kappa shape index (κ1) is 17.5. The molecule has 0 aliphatic rings. The molecule has 1 heterocycles. The second kappa shape index (κ2) is 7.59. The Morgan fingerprint density at radius 3 is 2.00 bits per heavy atom. The van der Waals surface area contributed by atoms with Crippen molar-refractivity contribution in [2.45, 2.75) is 0 Å². The zero-order valence-corrected chi connectivity index (χ0v) is 12.6. The Labute approximate surface area is 140 Å². The smallest absolute Gasteiger partial charge is 0.336 e. The summed E-state index contributed by atoms with van der Waals surface area (Å²) in [6, 6.07) is 14.3. The third kappa shape index (κ3) is 4.55. The van der Waals surface area contributed by atoms with Crippen molar-refractivity contribution in [3.05, 3.63) is 86.6 Å². The number of nitro benzene ring substituents is 2. The van der Waals surface area contributed by atoms with Crippen LogP contribution in [0.1, 0.15) is 10.4 Å². The summed E-state index contributed by atoms with van der Waals surface area (Å²) in [5, 5.41) is 30.4. The third-order valence-electron chi connectivity index (χ3n) is 3.08. The van der Waals surface area contributed by atoms with Gasteiger partial charge in [0.25, 0.3) is 11.4 Å². The normalized spacial score (nSPS) is 9.76. The Bertz CT molecular complexity index is 813. The minimum absolute atomic E-state index is 0.490. The number of benzene rings is 2. The fourth-order valence-electron chi connectivity index (χ4n) is 1.95. The first-order valence-electron chi connectivity index (χ1n) is 6.85. The van der Waals surface area contributed by atoms with Crippen LogP contribution in [0.25, 0.3) is 10.9 Å². The maximum atomic E-state index is 10.5. The Kier molecular flexibility index (Phi) is 5.31. The molecule has 9 heteroatoms. The van der Waals surface area contributed by atoms with Crippen LogP contribution in [0.3, 0.4) is 0 Å². The molecule has 25 heavy (non-hydrogen) atoms. The molecule has 0 fully saturated rings. The highest BCUT2D eigenvalue weighted by Gasteiger charge is 2.19. The van der Waals surface area contributed by atoms with Gasteiger partial charge in [0, 0.05) is 23.7 Å². The average Bonchev–Trinajstić information content (AvgIpc) is 2.61. The number of carboxylic acid groups (broad SMARTS) is 1.